The minimum Gasteiger partial charge on any atom is -0.490 e. The molecular formula is C16H24O. The smallest absolute Gasteiger partial charge is 0.126 e. The second-order valence-corrected chi connectivity index (χ2v) is 6.57. The molecule has 1 aliphatic rings. The molecule has 0 saturated heterocycles. The third-order valence-electron chi connectivity index (χ3n) is 5.01. The van der Waals surface area contributed by atoms with E-state index in [9.17, 15) is 0 Å². The molecule has 0 N–H and O–H groups in total. The summed E-state index contributed by atoms with van der Waals surface area (Å²) in [7, 11) is 0. The molecule has 0 aromatic heterocycles. The predicted molar refractivity (Wildman–Crippen MR) is 72.8 cm³/mol. The second kappa shape index (κ2) is 3.51. The van der Waals surface area contributed by atoms with Crippen LogP contribution in [0.3, 0.4) is 0 Å². The first-order chi connectivity index (χ1) is 7.68. The average Bonchev–Trinajstić information content (AvgIpc) is 2.19. The van der Waals surface area contributed by atoms with E-state index in [1.165, 1.54) is 16.7 Å². The first-order valence-electron chi connectivity index (χ1n) is 6.46. The Balaban J connectivity index is 2.71. The Morgan fingerprint density at radius 1 is 1.06 bits per heavy atom. The zero-order valence-corrected chi connectivity index (χ0v) is 12.1. The van der Waals surface area contributed by atoms with Gasteiger partial charge in [0.2, 0.25) is 0 Å². The number of ether oxygens (including phenoxy) is 1. The van der Waals surface area contributed by atoms with Crippen LogP contribution in [0.1, 0.15) is 51.3 Å². The Labute approximate surface area is 105 Å². The summed E-state index contributed by atoms with van der Waals surface area (Å²) in [5.74, 6) is 1.10. The van der Waals surface area contributed by atoms with Gasteiger partial charge in [-0.05, 0) is 26.3 Å². The van der Waals surface area contributed by atoms with E-state index in [1.54, 1.807) is 0 Å². The molecular weight excluding hydrogens is 208 g/mol. The van der Waals surface area contributed by atoms with Gasteiger partial charge in [0.25, 0.3) is 0 Å². The summed E-state index contributed by atoms with van der Waals surface area (Å²) in [6, 6.07) is 4.50. The number of rotatable bonds is 0. The van der Waals surface area contributed by atoms with Crippen molar-refractivity contribution >= 4 is 0 Å². The molecule has 0 bridgehead atoms. The Kier molecular flexibility index (Phi) is 2.57. The highest BCUT2D eigenvalue weighted by molar-refractivity contribution is 5.50. The van der Waals surface area contributed by atoms with Crippen molar-refractivity contribution in [2.45, 2.75) is 60.0 Å². The lowest BCUT2D eigenvalue weighted by Crippen LogP contribution is -2.50. The molecule has 0 aliphatic carbocycles. The fourth-order valence-corrected chi connectivity index (χ4v) is 2.75. The first-order valence-corrected chi connectivity index (χ1v) is 6.46. The van der Waals surface area contributed by atoms with E-state index >= 15 is 0 Å². The van der Waals surface area contributed by atoms with Gasteiger partial charge in [0, 0.05) is 16.4 Å². The Morgan fingerprint density at radius 3 is 2.24 bits per heavy atom. The molecule has 0 fully saturated rings. The zero-order valence-electron chi connectivity index (χ0n) is 12.1. The highest BCUT2D eigenvalue weighted by atomic mass is 16.5. The minimum absolute atomic E-state index is 0.136. The fourth-order valence-electron chi connectivity index (χ4n) is 2.75. The average molecular weight is 232 g/mol. The SMILES string of the molecule is Cc1cc(C)c2c(c1)C(C)(C)C(C)(C)C(C)O2. The van der Waals surface area contributed by atoms with Crippen LogP contribution in [0.15, 0.2) is 12.1 Å². The van der Waals surface area contributed by atoms with Crippen LogP contribution in [0.25, 0.3) is 0 Å². The van der Waals surface area contributed by atoms with Gasteiger partial charge in [-0.3, -0.25) is 0 Å². The predicted octanol–water partition coefficient (Wildman–Crippen LogP) is 4.39. The Morgan fingerprint density at radius 2 is 1.65 bits per heavy atom. The molecule has 1 heterocycles. The van der Waals surface area contributed by atoms with E-state index in [-0.39, 0.29) is 16.9 Å². The standard InChI is InChI=1S/C16H24O/c1-10-8-11(2)14-13(9-10)16(6,7)15(4,5)12(3)17-14/h8-9,12H,1-7H3. The monoisotopic (exact) mass is 232 g/mol. The van der Waals surface area contributed by atoms with Gasteiger partial charge in [-0.1, -0.05) is 45.4 Å². The van der Waals surface area contributed by atoms with Gasteiger partial charge >= 0.3 is 0 Å². The van der Waals surface area contributed by atoms with Crippen molar-refractivity contribution in [3.63, 3.8) is 0 Å². The molecule has 1 aliphatic heterocycles. The van der Waals surface area contributed by atoms with Gasteiger partial charge in [0.1, 0.15) is 11.9 Å². The summed E-state index contributed by atoms with van der Waals surface area (Å²) in [5.41, 5.74) is 4.22. The quantitative estimate of drug-likeness (QED) is 0.644. The maximum Gasteiger partial charge on any atom is 0.126 e. The van der Waals surface area contributed by atoms with Gasteiger partial charge in [-0.25, -0.2) is 0 Å². The van der Waals surface area contributed by atoms with Crippen molar-refractivity contribution in [3.8, 4) is 5.75 Å². The summed E-state index contributed by atoms with van der Waals surface area (Å²) >= 11 is 0. The lowest BCUT2D eigenvalue weighted by molar-refractivity contribution is 0.00499. The summed E-state index contributed by atoms with van der Waals surface area (Å²) in [6.07, 6.45) is 0.242. The van der Waals surface area contributed by atoms with Gasteiger partial charge in [0.15, 0.2) is 0 Å². The third kappa shape index (κ3) is 1.59. The number of benzene rings is 1. The molecule has 94 valence electrons. The van der Waals surface area contributed by atoms with Gasteiger partial charge in [0.05, 0.1) is 0 Å². The number of hydrogen-bond acceptors (Lipinski definition) is 1. The second-order valence-electron chi connectivity index (χ2n) is 6.57. The number of fused-ring (bicyclic) bond motifs is 1. The van der Waals surface area contributed by atoms with Gasteiger partial charge in [-0.15, -0.1) is 0 Å². The van der Waals surface area contributed by atoms with E-state index in [0.717, 1.165) is 5.75 Å². The highest BCUT2D eigenvalue weighted by Crippen LogP contribution is 2.52. The molecule has 1 unspecified atom stereocenters. The largest absolute Gasteiger partial charge is 0.490 e. The fraction of sp³-hybridized carbons (Fsp3) is 0.625. The van der Waals surface area contributed by atoms with E-state index in [0.29, 0.717) is 0 Å². The van der Waals surface area contributed by atoms with Crippen LogP contribution in [0.4, 0.5) is 0 Å². The molecule has 0 radical (unpaired) electrons. The van der Waals surface area contributed by atoms with E-state index < -0.39 is 0 Å². The van der Waals surface area contributed by atoms with Crippen LogP contribution < -0.4 is 4.74 Å². The molecule has 1 aromatic carbocycles. The molecule has 0 saturated carbocycles. The molecule has 1 aromatic rings. The molecule has 0 spiro atoms. The maximum absolute atomic E-state index is 6.17. The zero-order chi connectivity index (χ0) is 13.0. The number of aryl methyl sites for hydroxylation is 2. The lowest BCUT2D eigenvalue weighted by Gasteiger charge is -2.51. The van der Waals surface area contributed by atoms with Crippen LogP contribution in [0.5, 0.6) is 5.75 Å². The van der Waals surface area contributed by atoms with Crippen molar-refractivity contribution in [1.82, 2.24) is 0 Å². The molecule has 1 nitrogen and oxygen atoms in total. The Hall–Kier alpha value is -0.980. The van der Waals surface area contributed by atoms with Crippen molar-refractivity contribution < 1.29 is 4.74 Å². The van der Waals surface area contributed by atoms with Crippen molar-refractivity contribution in [2.75, 3.05) is 0 Å². The third-order valence-corrected chi connectivity index (χ3v) is 5.01. The summed E-state index contributed by atoms with van der Waals surface area (Å²) in [4.78, 5) is 0. The van der Waals surface area contributed by atoms with E-state index in [1.807, 2.05) is 0 Å². The lowest BCUT2D eigenvalue weighted by atomic mass is 9.60. The first kappa shape index (κ1) is 12.5. The van der Waals surface area contributed by atoms with Crippen LogP contribution in [-0.4, -0.2) is 6.10 Å². The molecule has 1 atom stereocenters. The van der Waals surface area contributed by atoms with Crippen LogP contribution in [0, 0.1) is 19.3 Å². The molecule has 17 heavy (non-hydrogen) atoms. The van der Waals surface area contributed by atoms with Crippen molar-refractivity contribution in [3.05, 3.63) is 28.8 Å². The molecule has 2 rings (SSSR count). The Bertz CT molecular complexity index is 455. The van der Waals surface area contributed by atoms with Gasteiger partial charge < -0.3 is 4.74 Å². The van der Waals surface area contributed by atoms with Crippen molar-refractivity contribution in [2.24, 2.45) is 5.41 Å². The van der Waals surface area contributed by atoms with Crippen LogP contribution in [0.2, 0.25) is 0 Å². The molecule has 1 heteroatoms. The minimum atomic E-state index is 0.136. The maximum atomic E-state index is 6.17. The van der Waals surface area contributed by atoms with Gasteiger partial charge in [-0.2, -0.15) is 0 Å². The van der Waals surface area contributed by atoms with E-state index in [2.05, 4.69) is 60.6 Å². The van der Waals surface area contributed by atoms with E-state index in [4.69, 9.17) is 4.74 Å². The summed E-state index contributed by atoms with van der Waals surface area (Å²) < 4.78 is 6.17. The highest BCUT2D eigenvalue weighted by Gasteiger charge is 2.48. The van der Waals surface area contributed by atoms with Crippen LogP contribution >= 0.6 is 0 Å². The summed E-state index contributed by atoms with van der Waals surface area (Å²) in [6.45, 7) is 15.8. The molecule has 0 amide bonds. The topological polar surface area (TPSA) is 9.23 Å². The normalized spacial score (nSPS) is 25.0. The van der Waals surface area contributed by atoms with Crippen molar-refractivity contribution in [1.29, 1.82) is 0 Å². The summed E-state index contributed by atoms with van der Waals surface area (Å²) in [5, 5.41) is 0. The number of hydrogen-bond donors (Lipinski definition) is 0. The van der Waals surface area contributed by atoms with Crippen LogP contribution in [-0.2, 0) is 5.41 Å².